The molecule has 84 valence electrons. The van der Waals surface area contributed by atoms with Gasteiger partial charge in [-0.15, -0.1) is 0 Å². The molecule has 0 aromatic carbocycles. The van der Waals surface area contributed by atoms with E-state index in [1.165, 1.54) is 0 Å². The quantitative estimate of drug-likeness (QED) is 0.747. The smallest absolute Gasteiger partial charge is 0.243 e. The Morgan fingerprint density at radius 3 is 3.13 bits per heavy atom. The number of aromatic nitrogens is 2. The van der Waals surface area contributed by atoms with Gasteiger partial charge in [-0.1, -0.05) is 5.16 Å². The van der Waals surface area contributed by atoms with Crippen LogP contribution < -0.4 is 5.73 Å². The summed E-state index contributed by atoms with van der Waals surface area (Å²) < 4.78 is 10.4. The number of hydrogen-bond donors (Lipinski definition) is 2. The topological polar surface area (TPSA) is 94.4 Å². The Morgan fingerprint density at radius 2 is 2.47 bits per heavy atom. The molecule has 6 nitrogen and oxygen atoms in total. The van der Waals surface area contributed by atoms with Crippen LogP contribution in [0.2, 0.25) is 0 Å². The van der Waals surface area contributed by atoms with Gasteiger partial charge in [0.2, 0.25) is 11.7 Å². The summed E-state index contributed by atoms with van der Waals surface area (Å²) in [6.07, 6.45) is 2.32. The summed E-state index contributed by atoms with van der Waals surface area (Å²) in [5.41, 5.74) is 5.72. The van der Waals surface area contributed by atoms with E-state index in [1.807, 2.05) is 0 Å². The zero-order valence-electron chi connectivity index (χ0n) is 8.43. The van der Waals surface area contributed by atoms with E-state index in [4.69, 9.17) is 20.1 Å². The summed E-state index contributed by atoms with van der Waals surface area (Å²) in [5.74, 6) is 0.936. The minimum atomic E-state index is -0.391. The molecule has 0 aliphatic carbocycles. The van der Waals surface area contributed by atoms with Crippen molar-refractivity contribution >= 4 is 0 Å². The van der Waals surface area contributed by atoms with Crippen LogP contribution in [0.5, 0.6) is 0 Å². The predicted octanol–water partition coefficient (Wildman–Crippen LogP) is 0.303. The summed E-state index contributed by atoms with van der Waals surface area (Å²) in [5, 5.41) is 12.6. The second-order valence-electron chi connectivity index (χ2n) is 3.61. The predicted molar refractivity (Wildman–Crippen MR) is 50.9 cm³/mol. The van der Waals surface area contributed by atoms with E-state index >= 15 is 0 Å². The van der Waals surface area contributed by atoms with Gasteiger partial charge in [0.15, 0.2) is 0 Å². The minimum Gasteiger partial charge on any atom is -0.396 e. The lowest BCUT2D eigenvalue weighted by atomic mass is 10.2. The number of nitrogens with two attached hydrogens (primary N) is 1. The molecular weight excluding hydrogens is 198 g/mol. The van der Waals surface area contributed by atoms with Crippen LogP contribution >= 0.6 is 0 Å². The third-order valence-electron chi connectivity index (χ3n) is 2.43. The van der Waals surface area contributed by atoms with Gasteiger partial charge in [0.25, 0.3) is 0 Å². The van der Waals surface area contributed by atoms with Crippen LogP contribution in [0, 0.1) is 0 Å². The summed E-state index contributed by atoms with van der Waals surface area (Å²) in [7, 11) is 0. The molecule has 15 heavy (non-hydrogen) atoms. The van der Waals surface area contributed by atoms with Crippen LogP contribution in [0.15, 0.2) is 4.52 Å². The molecule has 2 rings (SSSR count). The molecule has 0 saturated carbocycles. The Balaban J connectivity index is 2.02. The molecule has 3 N–H and O–H groups in total. The number of ether oxygens (including phenoxy) is 1. The van der Waals surface area contributed by atoms with Crippen molar-refractivity contribution < 1.29 is 14.4 Å². The molecule has 6 heteroatoms. The lowest BCUT2D eigenvalue weighted by Gasteiger charge is -2.03. The molecule has 1 aromatic heterocycles. The van der Waals surface area contributed by atoms with Gasteiger partial charge >= 0.3 is 0 Å². The van der Waals surface area contributed by atoms with E-state index in [2.05, 4.69) is 10.1 Å². The van der Waals surface area contributed by atoms with E-state index in [1.54, 1.807) is 0 Å². The Hall–Kier alpha value is -0.980. The molecule has 1 aromatic rings. The molecular formula is C9H15N3O3. The van der Waals surface area contributed by atoms with Gasteiger partial charge in [-0.25, -0.2) is 0 Å². The number of hydrogen-bond acceptors (Lipinski definition) is 6. The molecule has 1 fully saturated rings. The lowest BCUT2D eigenvalue weighted by molar-refractivity contribution is 0.103. The fourth-order valence-electron chi connectivity index (χ4n) is 1.57. The highest BCUT2D eigenvalue weighted by Crippen LogP contribution is 2.26. The normalized spacial score (nSPS) is 23.2. The van der Waals surface area contributed by atoms with E-state index in [0.717, 1.165) is 19.4 Å². The Morgan fingerprint density at radius 1 is 1.60 bits per heavy atom. The summed E-state index contributed by atoms with van der Waals surface area (Å²) in [6, 6.07) is -0.391. The highest BCUT2D eigenvalue weighted by Gasteiger charge is 2.24. The molecule has 1 aliphatic heterocycles. The van der Waals surface area contributed by atoms with E-state index < -0.39 is 6.04 Å². The van der Waals surface area contributed by atoms with Crippen molar-refractivity contribution in [1.82, 2.24) is 10.1 Å². The molecule has 1 aliphatic rings. The second kappa shape index (κ2) is 4.69. The number of rotatable bonds is 4. The third-order valence-corrected chi connectivity index (χ3v) is 2.43. The molecule has 2 unspecified atom stereocenters. The number of aliphatic hydroxyl groups is 1. The zero-order chi connectivity index (χ0) is 10.7. The molecule has 2 heterocycles. The van der Waals surface area contributed by atoms with Gasteiger partial charge in [-0.3, -0.25) is 0 Å². The Kier molecular flexibility index (Phi) is 3.30. The number of nitrogens with zero attached hydrogens (tertiary/aromatic N) is 2. The molecule has 2 atom stereocenters. The van der Waals surface area contributed by atoms with Crippen molar-refractivity contribution in [2.75, 3.05) is 13.2 Å². The van der Waals surface area contributed by atoms with Crippen molar-refractivity contribution in [2.45, 2.75) is 31.4 Å². The van der Waals surface area contributed by atoms with Gasteiger partial charge in [0.1, 0.15) is 6.10 Å². The summed E-state index contributed by atoms with van der Waals surface area (Å²) >= 11 is 0. The van der Waals surface area contributed by atoms with Gasteiger partial charge in [-0.2, -0.15) is 4.98 Å². The van der Waals surface area contributed by atoms with E-state index in [0.29, 0.717) is 18.1 Å². The highest BCUT2D eigenvalue weighted by atomic mass is 16.5. The third kappa shape index (κ3) is 2.34. The van der Waals surface area contributed by atoms with Crippen molar-refractivity contribution in [2.24, 2.45) is 5.73 Å². The van der Waals surface area contributed by atoms with Crippen LogP contribution in [0.4, 0.5) is 0 Å². The molecule has 1 saturated heterocycles. The van der Waals surface area contributed by atoms with Crippen molar-refractivity contribution in [1.29, 1.82) is 0 Å². The van der Waals surface area contributed by atoms with Crippen LogP contribution in [-0.2, 0) is 4.74 Å². The van der Waals surface area contributed by atoms with Gasteiger partial charge in [0.05, 0.1) is 6.04 Å². The van der Waals surface area contributed by atoms with Crippen LogP contribution in [0.1, 0.15) is 43.1 Å². The summed E-state index contributed by atoms with van der Waals surface area (Å²) in [6.45, 7) is 0.760. The lowest BCUT2D eigenvalue weighted by Crippen LogP contribution is -2.12. The first-order chi connectivity index (χ1) is 7.31. The maximum atomic E-state index is 8.72. The van der Waals surface area contributed by atoms with E-state index in [9.17, 15) is 0 Å². The van der Waals surface area contributed by atoms with Crippen LogP contribution in [0.25, 0.3) is 0 Å². The SMILES string of the molecule is NC(CCO)c1nc(C2CCCO2)no1. The van der Waals surface area contributed by atoms with Gasteiger partial charge in [0, 0.05) is 13.2 Å². The van der Waals surface area contributed by atoms with Crippen LogP contribution in [0.3, 0.4) is 0 Å². The van der Waals surface area contributed by atoms with E-state index in [-0.39, 0.29) is 12.7 Å². The number of aliphatic hydroxyl groups excluding tert-OH is 1. The van der Waals surface area contributed by atoms with Crippen LogP contribution in [-0.4, -0.2) is 28.5 Å². The summed E-state index contributed by atoms with van der Waals surface area (Å²) in [4.78, 5) is 4.17. The van der Waals surface area contributed by atoms with Gasteiger partial charge in [-0.05, 0) is 19.3 Å². The first kappa shape index (κ1) is 10.5. The maximum Gasteiger partial charge on any atom is 0.243 e. The largest absolute Gasteiger partial charge is 0.396 e. The fraction of sp³-hybridized carbons (Fsp3) is 0.778. The standard InChI is InChI=1S/C9H15N3O3/c10-6(3-4-13)9-11-8(12-15-9)7-2-1-5-14-7/h6-7,13H,1-5,10H2. The first-order valence-electron chi connectivity index (χ1n) is 5.13. The van der Waals surface area contributed by atoms with Gasteiger partial charge < -0.3 is 20.1 Å². The van der Waals surface area contributed by atoms with Crippen molar-refractivity contribution in [3.05, 3.63) is 11.7 Å². The second-order valence-corrected chi connectivity index (χ2v) is 3.61. The fourth-order valence-corrected chi connectivity index (χ4v) is 1.57. The minimum absolute atomic E-state index is 0.0127. The monoisotopic (exact) mass is 213 g/mol. The maximum absolute atomic E-state index is 8.72. The molecule has 0 amide bonds. The Labute approximate surface area is 87.4 Å². The molecule has 0 spiro atoms. The molecule has 0 bridgehead atoms. The Bertz CT molecular complexity index is 309. The highest BCUT2D eigenvalue weighted by molar-refractivity contribution is 4.96. The molecule has 0 radical (unpaired) electrons. The average molecular weight is 213 g/mol. The average Bonchev–Trinajstić information content (AvgIpc) is 2.89. The van der Waals surface area contributed by atoms with Crippen molar-refractivity contribution in [3.8, 4) is 0 Å². The zero-order valence-corrected chi connectivity index (χ0v) is 8.43. The first-order valence-corrected chi connectivity index (χ1v) is 5.13. The van der Waals surface area contributed by atoms with Crippen molar-refractivity contribution in [3.63, 3.8) is 0 Å².